The Hall–Kier alpha value is -1.75. The fourth-order valence-corrected chi connectivity index (χ4v) is 2.60. The number of nitrogens with one attached hydrogen (secondary N) is 1. The summed E-state index contributed by atoms with van der Waals surface area (Å²) in [6.45, 7) is 0.710. The molecule has 1 aliphatic carbocycles. The number of benzene rings is 1. The third kappa shape index (κ3) is 2.81. The summed E-state index contributed by atoms with van der Waals surface area (Å²) in [5, 5.41) is 21.3. The van der Waals surface area contributed by atoms with E-state index in [4.69, 9.17) is 0 Å². The number of fused-ring (bicyclic) bond motifs is 1. The Balaban J connectivity index is 1.67. The van der Waals surface area contributed by atoms with Crippen molar-refractivity contribution in [2.45, 2.75) is 31.8 Å². The van der Waals surface area contributed by atoms with Gasteiger partial charge in [-0.15, -0.1) is 10.2 Å². The molecule has 1 aromatic heterocycles. The summed E-state index contributed by atoms with van der Waals surface area (Å²) in [6, 6.07) is 7.67. The molecule has 1 heterocycles. The third-order valence-electron chi connectivity index (χ3n) is 3.75. The number of aliphatic hydroxyl groups is 1. The van der Waals surface area contributed by atoms with Crippen LogP contribution in [0, 0.1) is 5.92 Å². The normalized spacial score (nSPS) is 23.4. The molecule has 1 aromatic carbocycles. The van der Waals surface area contributed by atoms with Crippen LogP contribution in [0.2, 0.25) is 0 Å². The van der Waals surface area contributed by atoms with Gasteiger partial charge in [0.25, 0.3) is 0 Å². The minimum Gasteiger partial charge on any atom is -0.393 e. The Morgan fingerprint density at radius 3 is 2.74 bits per heavy atom. The quantitative estimate of drug-likeness (QED) is 0.881. The van der Waals surface area contributed by atoms with Crippen LogP contribution in [0.25, 0.3) is 11.0 Å². The van der Waals surface area contributed by atoms with Crippen LogP contribution >= 0.6 is 0 Å². The highest BCUT2D eigenvalue weighted by molar-refractivity contribution is 5.73. The molecule has 0 spiro atoms. The monoisotopic (exact) mass is 258 g/mol. The Bertz CT molecular complexity index is 560. The lowest BCUT2D eigenvalue weighted by Gasteiger charge is -2.27. The summed E-state index contributed by atoms with van der Waals surface area (Å²) in [4.78, 5) is 4.42. The molecule has 1 aliphatic rings. The van der Waals surface area contributed by atoms with E-state index in [2.05, 4.69) is 20.5 Å². The predicted octanol–water partition coefficient (Wildman–Crippen LogP) is 1.99. The van der Waals surface area contributed by atoms with E-state index < -0.39 is 0 Å². The molecule has 3 rings (SSSR count). The van der Waals surface area contributed by atoms with E-state index in [-0.39, 0.29) is 6.10 Å². The van der Waals surface area contributed by atoms with Crippen molar-refractivity contribution in [3.63, 3.8) is 0 Å². The van der Waals surface area contributed by atoms with Crippen LogP contribution in [0.1, 0.15) is 25.7 Å². The van der Waals surface area contributed by atoms with Gasteiger partial charge in [0.1, 0.15) is 5.52 Å². The van der Waals surface area contributed by atoms with Gasteiger partial charge in [0.15, 0.2) is 0 Å². The average molecular weight is 258 g/mol. The Labute approximate surface area is 112 Å². The van der Waals surface area contributed by atoms with E-state index in [1.165, 1.54) is 6.42 Å². The Kier molecular flexibility index (Phi) is 3.55. The molecule has 2 aromatic rings. The van der Waals surface area contributed by atoms with Gasteiger partial charge < -0.3 is 10.4 Å². The average Bonchev–Trinajstić information content (AvgIpc) is 2.46. The van der Waals surface area contributed by atoms with Crippen molar-refractivity contribution in [2.75, 3.05) is 11.9 Å². The molecule has 0 saturated heterocycles. The van der Waals surface area contributed by atoms with Crippen LogP contribution < -0.4 is 5.32 Å². The SMILES string of the molecule is OC1CCCCC1CNc1nnc2ccccc2n1. The van der Waals surface area contributed by atoms with Crippen molar-refractivity contribution in [3.05, 3.63) is 24.3 Å². The first-order chi connectivity index (χ1) is 9.33. The van der Waals surface area contributed by atoms with E-state index in [1.807, 2.05) is 24.3 Å². The van der Waals surface area contributed by atoms with E-state index >= 15 is 0 Å². The molecule has 2 atom stereocenters. The van der Waals surface area contributed by atoms with Crippen LogP contribution in [-0.4, -0.2) is 32.9 Å². The fourth-order valence-electron chi connectivity index (χ4n) is 2.60. The second-order valence-corrected chi connectivity index (χ2v) is 5.12. The highest BCUT2D eigenvalue weighted by Gasteiger charge is 2.22. The van der Waals surface area contributed by atoms with Crippen molar-refractivity contribution >= 4 is 17.0 Å². The summed E-state index contributed by atoms with van der Waals surface area (Å²) in [5.41, 5.74) is 1.63. The molecule has 0 bridgehead atoms. The van der Waals surface area contributed by atoms with Crippen molar-refractivity contribution in [1.29, 1.82) is 0 Å². The lowest BCUT2D eigenvalue weighted by molar-refractivity contribution is 0.0762. The van der Waals surface area contributed by atoms with Crippen molar-refractivity contribution in [1.82, 2.24) is 15.2 Å². The first-order valence-corrected chi connectivity index (χ1v) is 6.84. The van der Waals surface area contributed by atoms with Crippen LogP contribution in [-0.2, 0) is 0 Å². The van der Waals surface area contributed by atoms with Crippen molar-refractivity contribution in [3.8, 4) is 0 Å². The maximum absolute atomic E-state index is 9.92. The number of anilines is 1. The molecule has 1 fully saturated rings. The highest BCUT2D eigenvalue weighted by Crippen LogP contribution is 2.24. The van der Waals surface area contributed by atoms with E-state index in [0.717, 1.165) is 30.3 Å². The third-order valence-corrected chi connectivity index (χ3v) is 3.75. The molecule has 2 unspecified atom stereocenters. The minimum atomic E-state index is -0.199. The number of aromatic nitrogens is 3. The Morgan fingerprint density at radius 2 is 1.89 bits per heavy atom. The smallest absolute Gasteiger partial charge is 0.243 e. The van der Waals surface area contributed by atoms with Crippen molar-refractivity contribution < 1.29 is 5.11 Å². The zero-order valence-electron chi connectivity index (χ0n) is 10.8. The standard InChI is InChI=1S/C14H18N4O/c19-13-8-4-1-5-10(13)9-15-14-16-11-6-2-3-7-12(11)17-18-14/h2-3,6-7,10,13,19H,1,4-5,8-9H2,(H,15,16,18). The summed E-state index contributed by atoms with van der Waals surface area (Å²) < 4.78 is 0. The molecular formula is C14H18N4O. The van der Waals surface area contributed by atoms with Gasteiger partial charge in [-0.2, -0.15) is 0 Å². The molecule has 19 heavy (non-hydrogen) atoms. The molecule has 100 valence electrons. The summed E-state index contributed by atoms with van der Waals surface area (Å²) in [7, 11) is 0. The van der Waals surface area contributed by atoms with E-state index in [1.54, 1.807) is 0 Å². The minimum absolute atomic E-state index is 0.199. The molecule has 2 N–H and O–H groups in total. The predicted molar refractivity (Wildman–Crippen MR) is 73.8 cm³/mol. The highest BCUT2D eigenvalue weighted by atomic mass is 16.3. The topological polar surface area (TPSA) is 70.9 Å². The molecular weight excluding hydrogens is 240 g/mol. The Morgan fingerprint density at radius 1 is 1.11 bits per heavy atom. The molecule has 1 saturated carbocycles. The summed E-state index contributed by atoms with van der Waals surface area (Å²) in [5.74, 6) is 0.834. The van der Waals surface area contributed by atoms with Crippen LogP contribution in [0.15, 0.2) is 24.3 Å². The van der Waals surface area contributed by atoms with E-state index in [0.29, 0.717) is 18.4 Å². The fraction of sp³-hybridized carbons (Fsp3) is 0.500. The first kappa shape index (κ1) is 12.3. The van der Waals surface area contributed by atoms with Gasteiger partial charge in [0, 0.05) is 12.5 Å². The van der Waals surface area contributed by atoms with Gasteiger partial charge >= 0.3 is 0 Å². The van der Waals surface area contributed by atoms with Gasteiger partial charge in [-0.1, -0.05) is 25.0 Å². The molecule has 0 radical (unpaired) electrons. The van der Waals surface area contributed by atoms with Gasteiger partial charge in [-0.3, -0.25) is 0 Å². The number of para-hydroxylation sites is 1. The molecule has 5 heteroatoms. The maximum Gasteiger partial charge on any atom is 0.243 e. The van der Waals surface area contributed by atoms with Crippen molar-refractivity contribution in [2.24, 2.45) is 5.92 Å². The zero-order valence-corrected chi connectivity index (χ0v) is 10.8. The van der Waals surface area contributed by atoms with Gasteiger partial charge in [-0.05, 0) is 25.0 Å². The number of aliphatic hydroxyl groups excluding tert-OH is 1. The summed E-state index contributed by atoms with van der Waals surface area (Å²) >= 11 is 0. The van der Waals surface area contributed by atoms with Gasteiger partial charge in [0.05, 0.1) is 11.6 Å². The molecule has 0 aliphatic heterocycles. The number of hydrogen-bond donors (Lipinski definition) is 2. The maximum atomic E-state index is 9.92. The van der Waals surface area contributed by atoms with Gasteiger partial charge in [0.2, 0.25) is 5.95 Å². The number of rotatable bonds is 3. The largest absolute Gasteiger partial charge is 0.393 e. The van der Waals surface area contributed by atoms with Gasteiger partial charge in [-0.25, -0.2) is 4.98 Å². The van der Waals surface area contributed by atoms with E-state index in [9.17, 15) is 5.11 Å². The summed E-state index contributed by atoms with van der Waals surface area (Å²) in [6.07, 6.45) is 4.10. The lowest BCUT2D eigenvalue weighted by Crippen LogP contribution is -2.30. The second-order valence-electron chi connectivity index (χ2n) is 5.12. The number of hydrogen-bond acceptors (Lipinski definition) is 5. The van der Waals surface area contributed by atoms with Crippen LogP contribution in [0.3, 0.4) is 0 Å². The lowest BCUT2D eigenvalue weighted by atomic mass is 9.86. The molecule has 5 nitrogen and oxygen atoms in total. The number of nitrogens with zero attached hydrogens (tertiary/aromatic N) is 3. The molecule has 0 amide bonds. The zero-order chi connectivity index (χ0) is 13.1. The first-order valence-electron chi connectivity index (χ1n) is 6.84. The second kappa shape index (κ2) is 5.48. The van der Waals surface area contributed by atoms with Crippen LogP contribution in [0.5, 0.6) is 0 Å². The van der Waals surface area contributed by atoms with Crippen LogP contribution in [0.4, 0.5) is 5.95 Å².